The Balaban J connectivity index is 2.15. The van der Waals surface area contributed by atoms with Crippen molar-refractivity contribution < 1.29 is 39.2 Å². The summed E-state index contributed by atoms with van der Waals surface area (Å²) in [6.45, 7) is 5.36. The Hall–Kier alpha value is -2.57. The predicted octanol–water partition coefficient (Wildman–Crippen LogP) is 9.32. The SMILES string of the molecule is CCCCCCCCCCCCCCCCN(C(=O)CCCCCCCCCCCCC)[C@@H]1O[C@H](CO)[C@@H](O)[C@H](O)[C@H]1N(C(=O)OCc1ccccc1)C(=O)[C@H](C)N. The summed E-state index contributed by atoms with van der Waals surface area (Å²) in [5.74, 6) is -1.08. The van der Waals surface area contributed by atoms with Crippen molar-refractivity contribution in [1.29, 1.82) is 0 Å². The quantitative estimate of drug-likeness (QED) is 0.0507. The normalized spacial score (nSPS) is 19.8. The Morgan fingerprint density at radius 2 is 1.14 bits per heavy atom. The van der Waals surface area contributed by atoms with E-state index in [0.29, 0.717) is 23.3 Å². The van der Waals surface area contributed by atoms with Gasteiger partial charge in [0.1, 0.15) is 31.0 Å². The molecule has 0 aromatic heterocycles. The number of imide groups is 1. The van der Waals surface area contributed by atoms with Gasteiger partial charge in [0.25, 0.3) is 0 Å². The van der Waals surface area contributed by atoms with Crippen molar-refractivity contribution in [3.63, 3.8) is 0 Å². The molecule has 58 heavy (non-hydrogen) atoms. The predicted molar refractivity (Wildman–Crippen MR) is 232 cm³/mol. The number of unbranched alkanes of at least 4 members (excludes halogenated alkanes) is 23. The number of nitrogens with zero attached hydrogens (tertiary/aromatic N) is 2. The molecule has 6 atom stereocenters. The number of ether oxygens (including phenoxy) is 2. The number of nitrogens with two attached hydrogens (primary N) is 1. The number of aliphatic hydroxyl groups excluding tert-OH is 3. The molecule has 11 heteroatoms. The van der Waals surface area contributed by atoms with Crippen molar-refractivity contribution in [1.82, 2.24) is 9.80 Å². The third-order valence-corrected chi connectivity index (χ3v) is 11.6. The molecule has 0 aliphatic carbocycles. The molecule has 11 nitrogen and oxygen atoms in total. The van der Waals surface area contributed by atoms with Crippen LogP contribution in [0.4, 0.5) is 4.79 Å². The van der Waals surface area contributed by atoms with Gasteiger partial charge in [0.05, 0.1) is 12.6 Å². The summed E-state index contributed by atoms with van der Waals surface area (Å²) in [7, 11) is 0. The zero-order valence-corrected chi connectivity index (χ0v) is 36.7. The van der Waals surface area contributed by atoms with Crippen LogP contribution in [0.1, 0.15) is 193 Å². The summed E-state index contributed by atoms with van der Waals surface area (Å²) < 4.78 is 11.8. The highest BCUT2D eigenvalue weighted by atomic mass is 16.6. The van der Waals surface area contributed by atoms with Gasteiger partial charge in [-0.3, -0.25) is 9.59 Å². The molecule has 1 aromatic carbocycles. The minimum Gasteiger partial charge on any atom is -0.444 e. The topological polar surface area (TPSA) is 163 Å². The molecule has 1 fully saturated rings. The summed E-state index contributed by atoms with van der Waals surface area (Å²) in [6.07, 6.45) is 22.3. The van der Waals surface area contributed by atoms with Crippen LogP contribution in [0.15, 0.2) is 30.3 Å². The van der Waals surface area contributed by atoms with Crippen LogP contribution < -0.4 is 5.73 Å². The van der Waals surface area contributed by atoms with E-state index in [0.717, 1.165) is 38.5 Å². The van der Waals surface area contributed by atoms with Crippen LogP contribution in [0.25, 0.3) is 0 Å². The lowest BCUT2D eigenvalue weighted by Gasteiger charge is -2.49. The van der Waals surface area contributed by atoms with Crippen LogP contribution in [-0.4, -0.2) is 92.8 Å². The Morgan fingerprint density at radius 1 is 0.690 bits per heavy atom. The van der Waals surface area contributed by atoms with Crippen LogP contribution in [-0.2, 0) is 25.7 Å². The Bertz CT molecular complexity index is 1200. The summed E-state index contributed by atoms with van der Waals surface area (Å²) >= 11 is 0. The molecule has 0 radical (unpaired) electrons. The smallest absolute Gasteiger partial charge is 0.417 e. The molecule has 1 aliphatic rings. The maximum absolute atomic E-state index is 14.2. The van der Waals surface area contributed by atoms with E-state index in [2.05, 4.69) is 13.8 Å². The first kappa shape index (κ1) is 51.6. The van der Waals surface area contributed by atoms with E-state index in [4.69, 9.17) is 15.2 Å². The molecule has 0 saturated carbocycles. The highest BCUT2D eigenvalue weighted by molar-refractivity contribution is 5.95. The zero-order chi connectivity index (χ0) is 42.4. The lowest BCUT2D eigenvalue weighted by atomic mass is 9.93. The molecule has 0 spiro atoms. The van der Waals surface area contributed by atoms with Crippen LogP contribution >= 0.6 is 0 Å². The molecule has 5 N–H and O–H groups in total. The van der Waals surface area contributed by atoms with Crippen LogP contribution in [0.3, 0.4) is 0 Å². The third kappa shape index (κ3) is 20.1. The zero-order valence-electron chi connectivity index (χ0n) is 36.7. The molecular weight excluding hydrogens is 735 g/mol. The first-order valence-corrected chi connectivity index (χ1v) is 23.4. The monoisotopic (exact) mass is 818 g/mol. The number of hydrogen-bond acceptors (Lipinski definition) is 9. The second-order valence-corrected chi connectivity index (χ2v) is 16.7. The van der Waals surface area contributed by atoms with Crippen molar-refractivity contribution in [2.75, 3.05) is 13.2 Å². The van der Waals surface area contributed by atoms with E-state index in [9.17, 15) is 29.7 Å². The van der Waals surface area contributed by atoms with Crippen molar-refractivity contribution in [2.24, 2.45) is 5.73 Å². The third-order valence-electron chi connectivity index (χ3n) is 11.6. The van der Waals surface area contributed by atoms with E-state index in [1.807, 2.05) is 6.07 Å². The first-order valence-electron chi connectivity index (χ1n) is 23.4. The fourth-order valence-corrected chi connectivity index (χ4v) is 7.94. The van der Waals surface area contributed by atoms with Gasteiger partial charge in [-0.15, -0.1) is 0 Å². The Kier molecular flexibility index (Phi) is 28.7. The van der Waals surface area contributed by atoms with Crippen molar-refractivity contribution >= 4 is 17.9 Å². The largest absolute Gasteiger partial charge is 0.444 e. The van der Waals surface area contributed by atoms with E-state index < -0.39 is 55.2 Å². The van der Waals surface area contributed by atoms with Gasteiger partial charge in [-0.2, -0.15) is 0 Å². The van der Waals surface area contributed by atoms with E-state index >= 15 is 0 Å². The molecule has 0 unspecified atom stereocenters. The maximum atomic E-state index is 14.2. The van der Waals surface area contributed by atoms with Gasteiger partial charge in [-0.1, -0.05) is 192 Å². The second kappa shape index (κ2) is 32.2. The number of carbonyl (C=O) groups excluding carboxylic acids is 3. The Morgan fingerprint density at radius 3 is 1.59 bits per heavy atom. The van der Waals surface area contributed by atoms with E-state index in [1.54, 1.807) is 24.3 Å². The van der Waals surface area contributed by atoms with Gasteiger partial charge in [0.15, 0.2) is 6.23 Å². The van der Waals surface area contributed by atoms with Crippen LogP contribution in [0, 0.1) is 0 Å². The van der Waals surface area contributed by atoms with Gasteiger partial charge < -0.3 is 35.4 Å². The fraction of sp³-hybridized carbons (Fsp3) is 0.809. The molecule has 1 aromatic rings. The number of benzene rings is 1. The molecule has 2 rings (SSSR count). The molecule has 1 aliphatic heterocycles. The lowest BCUT2D eigenvalue weighted by Crippen LogP contribution is -2.71. The highest BCUT2D eigenvalue weighted by Crippen LogP contribution is 2.30. The fourth-order valence-electron chi connectivity index (χ4n) is 7.94. The van der Waals surface area contributed by atoms with Gasteiger partial charge in [-0.05, 0) is 25.3 Å². The average molecular weight is 818 g/mol. The first-order chi connectivity index (χ1) is 28.2. The minimum absolute atomic E-state index is 0.154. The molecule has 334 valence electrons. The molecule has 0 bridgehead atoms. The van der Waals surface area contributed by atoms with Crippen molar-refractivity contribution in [3.8, 4) is 0 Å². The van der Waals surface area contributed by atoms with Gasteiger partial charge in [0, 0.05) is 13.0 Å². The molecule has 1 heterocycles. The molecular formula is C47H83N3O8. The van der Waals surface area contributed by atoms with E-state index in [1.165, 1.54) is 121 Å². The summed E-state index contributed by atoms with van der Waals surface area (Å²) in [4.78, 5) is 43.9. The molecule has 1 saturated heterocycles. The van der Waals surface area contributed by atoms with Gasteiger partial charge in [-0.25, -0.2) is 9.69 Å². The summed E-state index contributed by atoms with van der Waals surface area (Å²) in [5, 5.41) is 32.9. The maximum Gasteiger partial charge on any atom is 0.417 e. The Labute approximate surface area is 351 Å². The molecule has 3 amide bonds. The van der Waals surface area contributed by atoms with Crippen molar-refractivity contribution in [3.05, 3.63) is 35.9 Å². The van der Waals surface area contributed by atoms with Crippen LogP contribution in [0.2, 0.25) is 0 Å². The number of aliphatic hydroxyl groups is 3. The number of carbonyl (C=O) groups is 3. The highest BCUT2D eigenvalue weighted by Gasteiger charge is 2.53. The van der Waals surface area contributed by atoms with Gasteiger partial charge in [0.2, 0.25) is 11.8 Å². The second-order valence-electron chi connectivity index (χ2n) is 16.7. The number of hydrogen-bond donors (Lipinski definition) is 4. The average Bonchev–Trinajstić information content (AvgIpc) is 3.22. The summed E-state index contributed by atoms with van der Waals surface area (Å²) in [5.41, 5.74) is 6.73. The number of rotatable bonds is 33. The number of amides is 3. The van der Waals surface area contributed by atoms with E-state index in [-0.39, 0.29) is 25.5 Å². The van der Waals surface area contributed by atoms with Crippen LogP contribution in [0.5, 0.6) is 0 Å². The standard InChI is InChI=1S/C47H83N3O8/c1-4-6-8-10-12-14-16-17-18-20-22-24-26-31-35-49(41(52)34-30-25-23-21-19-15-13-11-9-7-5-2)46-42(44(54)43(53)40(36-51)58-46)50(45(55)38(3)48)47(56)57-37-39-32-28-27-29-33-39/h27-29,32-33,38,40,42-44,46,51,53-54H,4-26,30-31,34-37,48H2,1-3H3/t38-,40+,42+,43+,44+,46+/m0/s1. The lowest BCUT2D eigenvalue weighted by molar-refractivity contribution is -0.244. The minimum atomic E-state index is -1.75. The van der Waals surface area contributed by atoms with Gasteiger partial charge >= 0.3 is 6.09 Å². The van der Waals surface area contributed by atoms with Crippen molar-refractivity contribution in [2.45, 2.75) is 231 Å². The summed E-state index contributed by atoms with van der Waals surface area (Å²) in [6, 6.07) is 6.26.